The van der Waals surface area contributed by atoms with Gasteiger partial charge in [-0.25, -0.2) is 4.39 Å². The Balaban J connectivity index is 1.98. The van der Waals surface area contributed by atoms with Gasteiger partial charge in [-0.3, -0.25) is 9.89 Å². The van der Waals surface area contributed by atoms with E-state index in [1.165, 1.54) is 6.07 Å². The molecule has 1 aliphatic heterocycles. The Labute approximate surface area is 167 Å². The SMILES string of the molecule is CS1(c2ccn[nH]2)C(c2ccc(C[C@H](CN)C(N)=O)c(F)c2)=CC(Cl)=C1Cl. The summed E-state index contributed by atoms with van der Waals surface area (Å²) in [6.07, 6.45) is 5.54. The molecule has 0 bridgehead atoms. The van der Waals surface area contributed by atoms with E-state index in [1.807, 2.05) is 12.3 Å². The highest BCUT2D eigenvalue weighted by Crippen LogP contribution is 2.73. The molecule has 0 spiro atoms. The molecule has 2 aromatic rings. The van der Waals surface area contributed by atoms with Gasteiger partial charge in [-0.15, -0.1) is 10.0 Å². The molecule has 9 heteroatoms. The van der Waals surface area contributed by atoms with Gasteiger partial charge in [-0.05, 0) is 42.0 Å². The molecule has 2 atom stereocenters. The first kappa shape index (κ1) is 19.9. The largest absolute Gasteiger partial charge is 0.369 e. The zero-order valence-electron chi connectivity index (χ0n) is 14.5. The predicted molar refractivity (Wildman–Crippen MR) is 109 cm³/mol. The number of nitrogens with one attached hydrogen (secondary N) is 1. The normalized spacial score (nSPS) is 23.1. The van der Waals surface area contributed by atoms with Crippen molar-refractivity contribution >= 4 is 44.0 Å². The number of benzene rings is 1. The van der Waals surface area contributed by atoms with Crippen molar-refractivity contribution in [2.24, 2.45) is 17.4 Å². The molecule has 144 valence electrons. The molecule has 1 aromatic heterocycles. The van der Waals surface area contributed by atoms with Gasteiger partial charge in [0, 0.05) is 17.6 Å². The number of hydrogen-bond donors (Lipinski definition) is 3. The summed E-state index contributed by atoms with van der Waals surface area (Å²) in [7, 11) is -1.84. The zero-order chi connectivity index (χ0) is 19.8. The Morgan fingerprint density at radius 2 is 2.11 bits per heavy atom. The summed E-state index contributed by atoms with van der Waals surface area (Å²) in [5.41, 5.74) is 11.9. The Morgan fingerprint density at radius 1 is 1.37 bits per heavy atom. The molecule has 1 unspecified atom stereocenters. The van der Waals surface area contributed by atoms with Gasteiger partial charge in [0.05, 0.1) is 20.3 Å². The number of primary amides is 1. The van der Waals surface area contributed by atoms with Crippen LogP contribution in [-0.4, -0.2) is 28.9 Å². The molecular formula is C18H19Cl2FN4OS. The van der Waals surface area contributed by atoms with Crippen LogP contribution in [0, 0.1) is 11.7 Å². The number of halogens is 3. The summed E-state index contributed by atoms with van der Waals surface area (Å²) < 4.78 is 15.3. The van der Waals surface area contributed by atoms with Crippen LogP contribution in [-0.2, 0) is 11.2 Å². The summed E-state index contributed by atoms with van der Waals surface area (Å²) >= 11 is 12.8. The predicted octanol–water partition coefficient (Wildman–Crippen LogP) is 3.65. The van der Waals surface area contributed by atoms with E-state index in [2.05, 4.69) is 10.2 Å². The van der Waals surface area contributed by atoms with Crippen LogP contribution in [0.5, 0.6) is 0 Å². The van der Waals surface area contributed by atoms with E-state index in [9.17, 15) is 9.18 Å². The minimum Gasteiger partial charge on any atom is -0.369 e. The second kappa shape index (κ2) is 7.67. The van der Waals surface area contributed by atoms with E-state index < -0.39 is 27.7 Å². The third-order valence-electron chi connectivity index (χ3n) is 4.65. The molecule has 1 amide bonds. The number of nitrogens with two attached hydrogens (primary N) is 2. The quantitative estimate of drug-likeness (QED) is 0.654. The molecule has 27 heavy (non-hydrogen) atoms. The standard InChI is InChI=1S/C18H19Cl2FN4OS/c1-27(16-4-5-24-25-16)15(8-13(19)17(27)20)11-3-2-10(14(21)7-11)6-12(9-22)18(23)26/h2-5,7-8,12H,6,9,22H2,1H3,(H2,23,26)(H,24,25)/t12-/m1/s1. The molecule has 0 radical (unpaired) electrons. The monoisotopic (exact) mass is 428 g/mol. The van der Waals surface area contributed by atoms with Gasteiger partial charge < -0.3 is 11.5 Å². The number of aromatic amines is 1. The van der Waals surface area contributed by atoms with Crippen LogP contribution in [0.3, 0.4) is 0 Å². The molecule has 1 aromatic carbocycles. The van der Waals surface area contributed by atoms with Crippen molar-refractivity contribution < 1.29 is 9.18 Å². The van der Waals surface area contributed by atoms with Gasteiger partial charge >= 0.3 is 0 Å². The van der Waals surface area contributed by atoms with Gasteiger partial charge in [0.2, 0.25) is 5.91 Å². The van der Waals surface area contributed by atoms with Gasteiger partial charge in [-0.1, -0.05) is 35.3 Å². The lowest BCUT2D eigenvalue weighted by atomic mass is 9.97. The van der Waals surface area contributed by atoms with Crippen molar-refractivity contribution in [3.05, 3.63) is 62.9 Å². The van der Waals surface area contributed by atoms with Crippen molar-refractivity contribution in [1.29, 1.82) is 0 Å². The van der Waals surface area contributed by atoms with Gasteiger partial charge in [0.15, 0.2) is 0 Å². The minimum atomic E-state index is -1.84. The van der Waals surface area contributed by atoms with Crippen molar-refractivity contribution in [3.8, 4) is 0 Å². The molecule has 5 nitrogen and oxygen atoms in total. The third kappa shape index (κ3) is 3.52. The zero-order valence-corrected chi connectivity index (χ0v) is 16.8. The van der Waals surface area contributed by atoms with Crippen LogP contribution in [0.15, 0.2) is 51.0 Å². The molecular weight excluding hydrogens is 410 g/mol. The van der Waals surface area contributed by atoms with E-state index >= 15 is 0 Å². The van der Waals surface area contributed by atoms with Crippen LogP contribution in [0.1, 0.15) is 11.1 Å². The van der Waals surface area contributed by atoms with E-state index in [1.54, 1.807) is 24.4 Å². The molecule has 1 aliphatic rings. The highest BCUT2D eigenvalue weighted by atomic mass is 35.5. The first-order valence-electron chi connectivity index (χ1n) is 8.12. The highest BCUT2D eigenvalue weighted by Gasteiger charge is 2.37. The maximum absolute atomic E-state index is 14.7. The fourth-order valence-corrected chi connectivity index (χ4v) is 6.80. The summed E-state index contributed by atoms with van der Waals surface area (Å²) in [5, 5.41) is 8.22. The number of nitrogens with zero attached hydrogens (tertiary/aromatic N) is 1. The van der Waals surface area contributed by atoms with Crippen molar-refractivity contribution in [2.45, 2.75) is 11.4 Å². The maximum Gasteiger partial charge on any atom is 0.222 e. The summed E-state index contributed by atoms with van der Waals surface area (Å²) in [6, 6.07) is 6.70. The van der Waals surface area contributed by atoms with Crippen LogP contribution in [0.4, 0.5) is 4.39 Å². The van der Waals surface area contributed by atoms with E-state index in [0.29, 0.717) is 20.5 Å². The fourth-order valence-electron chi connectivity index (χ4n) is 3.02. The Hall–Kier alpha value is -1.80. The number of H-pyrrole nitrogens is 1. The number of allylic oxidation sites excluding steroid dienone is 2. The van der Waals surface area contributed by atoms with Crippen molar-refractivity contribution in [1.82, 2.24) is 10.2 Å². The number of carbonyl (C=O) groups is 1. The second-order valence-corrected chi connectivity index (χ2v) is 10.4. The van der Waals surface area contributed by atoms with Crippen LogP contribution in [0.2, 0.25) is 0 Å². The number of rotatable bonds is 6. The van der Waals surface area contributed by atoms with Crippen molar-refractivity contribution in [2.75, 3.05) is 12.8 Å². The van der Waals surface area contributed by atoms with E-state index in [4.69, 9.17) is 34.7 Å². The molecule has 0 saturated heterocycles. The first-order chi connectivity index (χ1) is 12.8. The average Bonchev–Trinajstić information content (AvgIpc) is 3.25. The first-order valence-corrected chi connectivity index (χ1v) is 10.9. The summed E-state index contributed by atoms with van der Waals surface area (Å²) in [4.78, 5) is 12.2. The number of hydrogen-bond acceptors (Lipinski definition) is 3. The van der Waals surface area contributed by atoms with E-state index in [0.717, 1.165) is 9.93 Å². The average molecular weight is 429 g/mol. The smallest absolute Gasteiger partial charge is 0.222 e. The van der Waals surface area contributed by atoms with Gasteiger partial charge in [0.25, 0.3) is 0 Å². The Kier molecular flexibility index (Phi) is 5.67. The van der Waals surface area contributed by atoms with Crippen LogP contribution in [0.25, 0.3) is 4.91 Å². The van der Waals surface area contributed by atoms with Crippen LogP contribution >= 0.6 is 33.2 Å². The lowest BCUT2D eigenvalue weighted by Gasteiger charge is -2.33. The molecule has 0 aliphatic carbocycles. The topological polar surface area (TPSA) is 97.8 Å². The van der Waals surface area contributed by atoms with Crippen LogP contribution < -0.4 is 11.5 Å². The van der Waals surface area contributed by atoms with E-state index in [-0.39, 0.29) is 13.0 Å². The highest BCUT2D eigenvalue weighted by molar-refractivity contribution is 8.44. The minimum absolute atomic E-state index is 0.0683. The molecule has 2 heterocycles. The Bertz CT molecular complexity index is 945. The summed E-state index contributed by atoms with van der Waals surface area (Å²) in [6.45, 7) is 0.0683. The molecule has 0 fully saturated rings. The third-order valence-corrected chi connectivity index (χ3v) is 9.56. The number of aromatic nitrogens is 2. The lowest BCUT2D eigenvalue weighted by molar-refractivity contribution is -0.121. The maximum atomic E-state index is 14.7. The lowest BCUT2D eigenvalue weighted by Crippen LogP contribution is -2.31. The number of amides is 1. The van der Waals surface area contributed by atoms with Gasteiger partial charge in [0.1, 0.15) is 5.82 Å². The second-order valence-electron chi connectivity index (χ2n) is 6.31. The molecule has 3 rings (SSSR count). The van der Waals surface area contributed by atoms with Gasteiger partial charge in [-0.2, -0.15) is 5.10 Å². The number of carbonyl (C=O) groups excluding carboxylic acids is 1. The molecule has 0 saturated carbocycles. The van der Waals surface area contributed by atoms with Crippen molar-refractivity contribution in [3.63, 3.8) is 0 Å². The Morgan fingerprint density at radius 3 is 2.67 bits per heavy atom. The molecule has 5 N–H and O–H groups in total. The fraction of sp³-hybridized carbons (Fsp3) is 0.222. The summed E-state index contributed by atoms with van der Waals surface area (Å²) in [5.74, 6) is -1.58.